The molecular formula is C14H20N4O2. The molecule has 1 aromatic rings. The summed E-state index contributed by atoms with van der Waals surface area (Å²) in [5, 5.41) is 0. The lowest BCUT2D eigenvalue weighted by Crippen LogP contribution is -2.55. The van der Waals surface area contributed by atoms with Crippen LogP contribution in [0.25, 0.3) is 0 Å². The number of hydrogen-bond acceptors (Lipinski definition) is 3. The second-order valence-electron chi connectivity index (χ2n) is 5.43. The molecule has 3 rings (SSSR count). The van der Waals surface area contributed by atoms with Crippen LogP contribution in [0.1, 0.15) is 37.7 Å². The molecule has 1 aromatic heterocycles. The van der Waals surface area contributed by atoms with Gasteiger partial charge in [-0.05, 0) is 19.3 Å². The van der Waals surface area contributed by atoms with E-state index in [4.69, 9.17) is 0 Å². The normalized spacial score (nSPS) is 22.2. The first-order valence-electron chi connectivity index (χ1n) is 7.30. The minimum absolute atomic E-state index is 0.0237. The van der Waals surface area contributed by atoms with Crippen LogP contribution in [0, 0.1) is 0 Å². The minimum atomic E-state index is -0.0237. The van der Waals surface area contributed by atoms with E-state index in [1.54, 1.807) is 6.20 Å². The average Bonchev–Trinajstić information content (AvgIpc) is 3.08. The number of aromatic nitrogens is 2. The summed E-state index contributed by atoms with van der Waals surface area (Å²) in [5.74, 6) is 0.961. The Labute approximate surface area is 118 Å². The molecule has 1 atom stereocenters. The second-order valence-corrected chi connectivity index (χ2v) is 5.43. The molecule has 2 aliphatic rings. The van der Waals surface area contributed by atoms with E-state index >= 15 is 0 Å². The maximum Gasteiger partial charge on any atom is 0.231 e. The van der Waals surface area contributed by atoms with Gasteiger partial charge in [0.2, 0.25) is 11.8 Å². The molecule has 6 heteroatoms. The zero-order valence-electron chi connectivity index (χ0n) is 11.8. The molecule has 2 saturated heterocycles. The van der Waals surface area contributed by atoms with Crippen LogP contribution in [0.4, 0.5) is 0 Å². The van der Waals surface area contributed by atoms with Gasteiger partial charge in [0.05, 0.1) is 6.42 Å². The number of carbonyl (C=O) groups is 2. The van der Waals surface area contributed by atoms with E-state index in [1.807, 2.05) is 16.7 Å². The van der Waals surface area contributed by atoms with Crippen LogP contribution in [0.5, 0.6) is 0 Å². The molecule has 2 aliphatic heterocycles. The van der Waals surface area contributed by atoms with E-state index in [0.29, 0.717) is 25.2 Å². The predicted molar refractivity (Wildman–Crippen MR) is 72.7 cm³/mol. The van der Waals surface area contributed by atoms with Crippen molar-refractivity contribution in [1.82, 2.24) is 19.8 Å². The van der Waals surface area contributed by atoms with Gasteiger partial charge in [-0.2, -0.15) is 0 Å². The summed E-state index contributed by atoms with van der Waals surface area (Å²) in [6.07, 6.45) is 5.26. The Morgan fingerprint density at radius 2 is 2.35 bits per heavy atom. The highest BCUT2D eigenvalue weighted by Gasteiger charge is 2.39. The topological polar surface area (TPSA) is 69.3 Å². The number of fused-ring (bicyclic) bond motifs is 1. The van der Waals surface area contributed by atoms with E-state index in [-0.39, 0.29) is 18.0 Å². The molecule has 20 heavy (non-hydrogen) atoms. The summed E-state index contributed by atoms with van der Waals surface area (Å²) in [5.41, 5.74) is 1.05. The molecule has 0 aliphatic carbocycles. The molecule has 0 radical (unpaired) electrons. The molecule has 2 fully saturated rings. The number of nitrogens with one attached hydrogen (secondary N) is 1. The largest absolute Gasteiger partial charge is 0.345 e. The first kappa shape index (κ1) is 13.1. The van der Waals surface area contributed by atoms with Gasteiger partial charge in [-0.15, -0.1) is 0 Å². The summed E-state index contributed by atoms with van der Waals surface area (Å²) >= 11 is 0. The number of H-pyrrole nitrogens is 1. The minimum Gasteiger partial charge on any atom is -0.345 e. The number of aromatic amines is 1. The third-order valence-corrected chi connectivity index (χ3v) is 4.17. The van der Waals surface area contributed by atoms with E-state index in [1.165, 1.54) is 0 Å². The van der Waals surface area contributed by atoms with Crippen molar-refractivity contribution >= 4 is 11.8 Å². The van der Waals surface area contributed by atoms with Gasteiger partial charge in [0.1, 0.15) is 12.0 Å². The van der Waals surface area contributed by atoms with Crippen molar-refractivity contribution in [3.05, 3.63) is 17.7 Å². The first-order chi connectivity index (χ1) is 9.69. The number of nitrogens with zero attached hydrogens (tertiary/aromatic N) is 3. The van der Waals surface area contributed by atoms with Gasteiger partial charge in [-0.1, -0.05) is 6.92 Å². The van der Waals surface area contributed by atoms with Crippen LogP contribution in [0.3, 0.4) is 0 Å². The Morgan fingerprint density at radius 1 is 1.50 bits per heavy atom. The fourth-order valence-electron chi connectivity index (χ4n) is 3.08. The zero-order valence-corrected chi connectivity index (χ0v) is 11.8. The predicted octanol–water partition coefficient (Wildman–Crippen LogP) is 0.695. The molecule has 0 aromatic carbocycles. The number of aryl methyl sites for hydroxylation is 1. The van der Waals surface area contributed by atoms with Crippen molar-refractivity contribution < 1.29 is 9.59 Å². The molecule has 1 unspecified atom stereocenters. The number of imidazole rings is 1. The summed E-state index contributed by atoms with van der Waals surface area (Å²) in [7, 11) is 0. The van der Waals surface area contributed by atoms with E-state index in [9.17, 15) is 9.59 Å². The average molecular weight is 276 g/mol. The zero-order chi connectivity index (χ0) is 14.1. The maximum atomic E-state index is 12.4. The third kappa shape index (κ3) is 2.30. The van der Waals surface area contributed by atoms with Crippen molar-refractivity contribution in [2.75, 3.05) is 13.1 Å². The van der Waals surface area contributed by atoms with Gasteiger partial charge in [0, 0.05) is 31.4 Å². The maximum absolute atomic E-state index is 12.4. The molecule has 0 saturated carbocycles. The Bertz CT molecular complexity index is 525. The van der Waals surface area contributed by atoms with Crippen LogP contribution in [-0.2, 0) is 22.4 Å². The smallest absolute Gasteiger partial charge is 0.231 e. The highest BCUT2D eigenvalue weighted by molar-refractivity contribution is 5.83. The van der Waals surface area contributed by atoms with Crippen LogP contribution in [-0.4, -0.2) is 50.8 Å². The first-order valence-corrected chi connectivity index (χ1v) is 7.30. The van der Waals surface area contributed by atoms with Gasteiger partial charge in [0.15, 0.2) is 0 Å². The number of carbonyl (C=O) groups excluding carboxylic acids is 2. The lowest BCUT2D eigenvalue weighted by Gasteiger charge is -2.39. The molecule has 108 valence electrons. The Balaban J connectivity index is 1.69. The Hall–Kier alpha value is -1.85. The van der Waals surface area contributed by atoms with Crippen molar-refractivity contribution in [2.45, 2.75) is 45.2 Å². The fraction of sp³-hybridized carbons (Fsp3) is 0.643. The van der Waals surface area contributed by atoms with Crippen molar-refractivity contribution in [3.8, 4) is 0 Å². The lowest BCUT2D eigenvalue weighted by atomic mass is 10.2. The van der Waals surface area contributed by atoms with Gasteiger partial charge in [-0.3, -0.25) is 9.59 Å². The van der Waals surface area contributed by atoms with Gasteiger partial charge in [0.25, 0.3) is 0 Å². The number of hydrogen-bond donors (Lipinski definition) is 1. The van der Waals surface area contributed by atoms with E-state index in [0.717, 1.165) is 31.5 Å². The van der Waals surface area contributed by atoms with Crippen LogP contribution in [0.15, 0.2) is 6.20 Å². The van der Waals surface area contributed by atoms with Gasteiger partial charge in [-0.25, -0.2) is 4.98 Å². The summed E-state index contributed by atoms with van der Waals surface area (Å²) < 4.78 is 0. The lowest BCUT2D eigenvalue weighted by molar-refractivity contribution is -0.150. The van der Waals surface area contributed by atoms with E-state index < -0.39 is 0 Å². The highest BCUT2D eigenvalue weighted by atomic mass is 16.2. The quantitative estimate of drug-likeness (QED) is 0.883. The van der Waals surface area contributed by atoms with Crippen molar-refractivity contribution in [1.29, 1.82) is 0 Å². The molecule has 0 spiro atoms. The second kappa shape index (κ2) is 5.26. The fourth-order valence-corrected chi connectivity index (χ4v) is 3.08. The molecule has 3 heterocycles. The molecule has 1 N–H and O–H groups in total. The van der Waals surface area contributed by atoms with Crippen LogP contribution in [0.2, 0.25) is 0 Å². The Morgan fingerprint density at radius 3 is 3.10 bits per heavy atom. The summed E-state index contributed by atoms with van der Waals surface area (Å²) in [6.45, 7) is 3.37. The molecule has 6 nitrogen and oxygen atoms in total. The Kier molecular flexibility index (Phi) is 3.46. The third-order valence-electron chi connectivity index (χ3n) is 4.17. The summed E-state index contributed by atoms with van der Waals surface area (Å²) in [4.78, 5) is 35.4. The standard InChI is InChI=1S/C14H20N4O2/c1-2-10-9-15-11(16-10)8-14(20)18-7-5-13(19)17-6-3-4-12(17)18/h9,12H,2-8H2,1H3,(H,15,16). The summed E-state index contributed by atoms with van der Waals surface area (Å²) in [6, 6.07) is 0. The van der Waals surface area contributed by atoms with Gasteiger partial charge >= 0.3 is 0 Å². The van der Waals surface area contributed by atoms with Crippen molar-refractivity contribution in [2.24, 2.45) is 0 Å². The molecule has 2 amide bonds. The number of amides is 2. The monoisotopic (exact) mass is 276 g/mol. The van der Waals surface area contributed by atoms with Crippen molar-refractivity contribution in [3.63, 3.8) is 0 Å². The van der Waals surface area contributed by atoms with E-state index in [2.05, 4.69) is 9.97 Å². The molecular weight excluding hydrogens is 256 g/mol. The van der Waals surface area contributed by atoms with Crippen LogP contribution >= 0.6 is 0 Å². The molecule has 0 bridgehead atoms. The highest BCUT2D eigenvalue weighted by Crippen LogP contribution is 2.26. The SMILES string of the molecule is CCc1cnc(CC(=O)N2CCC(=O)N3CCCC32)[nH]1. The number of rotatable bonds is 3. The van der Waals surface area contributed by atoms with Crippen LogP contribution < -0.4 is 0 Å². The van der Waals surface area contributed by atoms with Gasteiger partial charge < -0.3 is 14.8 Å².